The summed E-state index contributed by atoms with van der Waals surface area (Å²) in [7, 11) is 0. The number of ether oxygens (including phenoxy) is 1. The van der Waals surface area contributed by atoms with Crippen LogP contribution in [0.15, 0.2) is 37.0 Å². The van der Waals surface area contributed by atoms with Gasteiger partial charge in [0.1, 0.15) is 17.3 Å². The Kier molecular flexibility index (Phi) is 5.26. The summed E-state index contributed by atoms with van der Waals surface area (Å²) in [5.74, 6) is -1.47. The fourth-order valence-corrected chi connectivity index (χ4v) is 3.76. The Hall–Kier alpha value is -3.26. The fourth-order valence-electron chi connectivity index (χ4n) is 3.76. The Bertz CT molecular complexity index is 1120. The molecule has 1 atom stereocenters. The number of hydrogen-bond acceptors (Lipinski definition) is 3. The van der Waals surface area contributed by atoms with Crippen molar-refractivity contribution < 1.29 is 23.4 Å². The number of nitrogens with zero attached hydrogens (tertiary/aromatic N) is 3. The molecule has 1 unspecified atom stereocenters. The van der Waals surface area contributed by atoms with Crippen LogP contribution in [0.2, 0.25) is 0 Å². The van der Waals surface area contributed by atoms with Crippen molar-refractivity contribution in [3.8, 4) is 11.3 Å². The molecule has 2 aromatic heterocycles. The minimum absolute atomic E-state index is 0.175. The second-order valence-corrected chi connectivity index (χ2v) is 7.33. The highest BCUT2D eigenvalue weighted by Gasteiger charge is 2.28. The molecule has 1 saturated heterocycles. The number of pyridine rings is 1. The standard InChI is InChI=1S/C22H21F2N3O3/c1-3-14-9-16(23)20(17(24)10-14)21-18(27-5-4-13(2)8-19(27)25-21)11-15-12-26(22(28)29)6-7-30-15/h3-5,8-10,15H,1,6-7,11-12H2,2H3,(H,28,29). The van der Waals surface area contributed by atoms with E-state index in [1.54, 1.807) is 10.6 Å². The van der Waals surface area contributed by atoms with Gasteiger partial charge in [0.15, 0.2) is 0 Å². The molecule has 0 saturated carbocycles. The van der Waals surface area contributed by atoms with Crippen LogP contribution in [0.3, 0.4) is 0 Å². The highest BCUT2D eigenvalue weighted by atomic mass is 19.1. The predicted octanol–water partition coefficient (Wildman–Crippen LogP) is 4.15. The first-order valence-electron chi connectivity index (χ1n) is 9.56. The molecule has 0 bridgehead atoms. The van der Waals surface area contributed by atoms with Gasteiger partial charge < -0.3 is 19.1 Å². The molecular weight excluding hydrogens is 392 g/mol. The van der Waals surface area contributed by atoms with Gasteiger partial charge in [-0.1, -0.05) is 12.7 Å². The number of aromatic nitrogens is 2. The quantitative estimate of drug-likeness (QED) is 0.698. The van der Waals surface area contributed by atoms with E-state index in [-0.39, 0.29) is 37.4 Å². The van der Waals surface area contributed by atoms with Gasteiger partial charge >= 0.3 is 6.09 Å². The first-order chi connectivity index (χ1) is 14.4. The molecule has 0 radical (unpaired) electrons. The van der Waals surface area contributed by atoms with Crippen molar-refractivity contribution in [2.24, 2.45) is 0 Å². The van der Waals surface area contributed by atoms with Crippen molar-refractivity contribution in [2.75, 3.05) is 19.7 Å². The first-order valence-corrected chi connectivity index (χ1v) is 9.56. The zero-order chi connectivity index (χ0) is 21.4. The number of hydrogen-bond donors (Lipinski definition) is 1. The van der Waals surface area contributed by atoms with E-state index >= 15 is 0 Å². The molecule has 3 heterocycles. The zero-order valence-electron chi connectivity index (χ0n) is 16.4. The summed E-state index contributed by atoms with van der Waals surface area (Å²) in [6, 6.07) is 6.13. The van der Waals surface area contributed by atoms with Crippen LogP contribution in [0.5, 0.6) is 0 Å². The van der Waals surface area contributed by atoms with E-state index in [1.165, 1.54) is 23.1 Å². The average molecular weight is 413 g/mol. The smallest absolute Gasteiger partial charge is 0.407 e. The van der Waals surface area contributed by atoms with Gasteiger partial charge in [-0.25, -0.2) is 18.6 Å². The zero-order valence-corrected chi connectivity index (χ0v) is 16.4. The number of morpholine rings is 1. The number of imidazole rings is 1. The summed E-state index contributed by atoms with van der Waals surface area (Å²) >= 11 is 0. The lowest BCUT2D eigenvalue weighted by molar-refractivity contribution is -0.0214. The third-order valence-electron chi connectivity index (χ3n) is 5.25. The Morgan fingerprint density at radius 3 is 2.77 bits per heavy atom. The molecule has 1 aliphatic rings. The third kappa shape index (κ3) is 3.66. The van der Waals surface area contributed by atoms with Crippen LogP contribution < -0.4 is 0 Å². The number of aryl methyl sites for hydroxylation is 1. The lowest BCUT2D eigenvalue weighted by Gasteiger charge is -2.31. The molecule has 6 nitrogen and oxygen atoms in total. The summed E-state index contributed by atoms with van der Waals surface area (Å²) in [5.41, 5.74) is 2.37. The van der Waals surface area contributed by atoms with E-state index in [9.17, 15) is 18.7 Å². The third-order valence-corrected chi connectivity index (χ3v) is 5.25. The molecule has 1 fully saturated rings. The molecule has 0 aliphatic carbocycles. The summed E-state index contributed by atoms with van der Waals surface area (Å²) in [4.78, 5) is 17.1. The first kappa shape index (κ1) is 20.0. The molecule has 1 aromatic carbocycles. The van der Waals surface area contributed by atoms with E-state index in [4.69, 9.17) is 4.74 Å². The number of rotatable bonds is 4. The fraction of sp³-hybridized carbons (Fsp3) is 0.273. The van der Waals surface area contributed by atoms with Gasteiger partial charge in [-0.15, -0.1) is 0 Å². The maximum Gasteiger partial charge on any atom is 0.407 e. The van der Waals surface area contributed by atoms with E-state index in [0.29, 0.717) is 16.9 Å². The number of amides is 1. The van der Waals surface area contributed by atoms with Crippen molar-refractivity contribution in [1.82, 2.24) is 14.3 Å². The Labute approximate surface area is 172 Å². The summed E-state index contributed by atoms with van der Waals surface area (Å²) < 4.78 is 37.2. The molecular formula is C22H21F2N3O3. The van der Waals surface area contributed by atoms with Crippen molar-refractivity contribution in [2.45, 2.75) is 19.4 Å². The summed E-state index contributed by atoms with van der Waals surface area (Å²) in [6.45, 7) is 6.19. The van der Waals surface area contributed by atoms with Gasteiger partial charge in [-0.3, -0.25) is 0 Å². The van der Waals surface area contributed by atoms with Crippen LogP contribution in [-0.2, 0) is 11.2 Å². The Morgan fingerprint density at radius 1 is 1.37 bits per heavy atom. The van der Waals surface area contributed by atoms with E-state index in [2.05, 4.69) is 11.6 Å². The van der Waals surface area contributed by atoms with Crippen LogP contribution in [0.4, 0.5) is 13.6 Å². The molecule has 156 valence electrons. The molecule has 30 heavy (non-hydrogen) atoms. The minimum Gasteiger partial charge on any atom is -0.465 e. The van der Waals surface area contributed by atoms with Crippen LogP contribution in [0.25, 0.3) is 23.0 Å². The van der Waals surface area contributed by atoms with E-state index in [1.807, 2.05) is 19.1 Å². The van der Waals surface area contributed by atoms with Gasteiger partial charge in [0, 0.05) is 19.2 Å². The second kappa shape index (κ2) is 7.87. The molecule has 0 spiro atoms. The number of halogens is 2. The van der Waals surface area contributed by atoms with Gasteiger partial charge in [0.05, 0.1) is 36.2 Å². The van der Waals surface area contributed by atoms with Crippen LogP contribution in [0, 0.1) is 18.6 Å². The monoisotopic (exact) mass is 413 g/mol. The van der Waals surface area contributed by atoms with Gasteiger partial charge in [-0.2, -0.15) is 0 Å². The van der Waals surface area contributed by atoms with E-state index < -0.39 is 23.8 Å². The minimum atomic E-state index is -1.02. The van der Waals surface area contributed by atoms with Gasteiger partial charge in [-0.05, 0) is 42.3 Å². The average Bonchev–Trinajstić information content (AvgIpc) is 3.04. The van der Waals surface area contributed by atoms with Crippen molar-refractivity contribution in [3.63, 3.8) is 0 Å². The Morgan fingerprint density at radius 2 is 2.10 bits per heavy atom. The second-order valence-electron chi connectivity index (χ2n) is 7.33. The van der Waals surface area contributed by atoms with E-state index in [0.717, 1.165) is 5.56 Å². The summed E-state index contributed by atoms with van der Waals surface area (Å²) in [6.07, 6.45) is 1.95. The van der Waals surface area contributed by atoms with Crippen molar-refractivity contribution in [3.05, 3.63) is 65.5 Å². The number of fused-ring (bicyclic) bond motifs is 1. The van der Waals surface area contributed by atoms with Gasteiger partial charge in [0.2, 0.25) is 0 Å². The SMILES string of the molecule is C=Cc1cc(F)c(-c2nc3cc(C)ccn3c2CC2CN(C(=O)O)CCO2)c(F)c1. The van der Waals surface area contributed by atoms with Gasteiger partial charge in [0.25, 0.3) is 0 Å². The highest BCUT2D eigenvalue weighted by Crippen LogP contribution is 2.32. The highest BCUT2D eigenvalue weighted by molar-refractivity contribution is 5.70. The van der Waals surface area contributed by atoms with Crippen molar-refractivity contribution >= 4 is 17.8 Å². The largest absolute Gasteiger partial charge is 0.465 e. The topological polar surface area (TPSA) is 67.1 Å². The maximum atomic E-state index is 14.9. The molecule has 1 aliphatic heterocycles. The lowest BCUT2D eigenvalue weighted by atomic mass is 10.0. The molecule has 4 rings (SSSR count). The summed E-state index contributed by atoms with van der Waals surface area (Å²) in [5, 5.41) is 9.28. The normalized spacial score (nSPS) is 16.8. The predicted molar refractivity (Wildman–Crippen MR) is 108 cm³/mol. The number of carbonyl (C=O) groups is 1. The van der Waals surface area contributed by atoms with Crippen LogP contribution >= 0.6 is 0 Å². The van der Waals surface area contributed by atoms with Crippen LogP contribution in [-0.4, -0.2) is 51.3 Å². The number of carboxylic acid groups (broad SMARTS) is 1. The molecule has 3 aromatic rings. The molecule has 1 amide bonds. The van der Waals surface area contributed by atoms with Crippen LogP contribution in [0.1, 0.15) is 16.8 Å². The van der Waals surface area contributed by atoms with Crippen molar-refractivity contribution in [1.29, 1.82) is 0 Å². The maximum absolute atomic E-state index is 14.9. The Balaban J connectivity index is 1.83. The molecule has 8 heteroatoms. The molecule has 1 N–H and O–H groups in total. The lowest BCUT2D eigenvalue weighted by Crippen LogP contribution is -2.45. The number of benzene rings is 1.